The number of nitrogens with zero attached hydrogens (tertiary/aromatic N) is 1. The molecule has 0 saturated carbocycles. The van der Waals surface area contributed by atoms with Gasteiger partial charge in [0.25, 0.3) is 5.91 Å². The van der Waals surface area contributed by atoms with E-state index in [1.54, 1.807) is 27.8 Å². The van der Waals surface area contributed by atoms with Crippen LogP contribution >= 0.6 is 0 Å². The maximum atomic E-state index is 14.2. The van der Waals surface area contributed by atoms with Crippen LogP contribution in [0.4, 0.5) is 18.9 Å². The summed E-state index contributed by atoms with van der Waals surface area (Å²) in [5, 5.41) is 7.77. The van der Waals surface area contributed by atoms with Crippen LogP contribution in [-0.2, 0) is 20.8 Å². The molecule has 2 aromatic rings. The van der Waals surface area contributed by atoms with Gasteiger partial charge in [0, 0.05) is 6.54 Å². The smallest absolute Gasteiger partial charge is 0.251 e. The van der Waals surface area contributed by atoms with E-state index in [1.165, 1.54) is 17.0 Å². The van der Waals surface area contributed by atoms with E-state index >= 15 is 0 Å². The van der Waals surface area contributed by atoms with Crippen LogP contribution in [0.15, 0.2) is 36.4 Å². The number of carbonyl (C=O) groups excluding carboxylic acids is 3. The summed E-state index contributed by atoms with van der Waals surface area (Å²) in [5.74, 6) is -4.55. The van der Waals surface area contributed by atoms with Crippen molar-refractivity contribution in [3.63, 3.8) is 0 Å². The van der Waals surface area contributed by atoms with Crippen LogP contribution < -0.4 is 16.0 Å². The van der Waals surface area contributed by atoms with Crippen molar-refractivity contribution in [3.8, 4) is 0 Å². The van der Waals surface area contributed by atoms with Gasteiger partial charge >= 0.3 is 0 Å². The van der Waals surface area contributed by atoms with Crippen molar-refractivity contribution in [1.82, 2.24) is 15.5 Å². The summed E-state index contributed by atoms with van der Waals surface area (Å²) in [6, 6.07) is 4.18. The molecule has 3 amide bonds. The number of fused-ring (bicyclic) bond motifs is 1. The van der Waals surface area contributed by atoms with Crippen LogP contribution in [-0.4, -0.2) is 48.3 Å². The maximum absolute atomic E-state index is 14.2. The number of carbonyl (C=O) groups is 3. The molecule has 0 spiro atoms. The second-order valence-electron chi connectivity index (χ2n) is 8.85. The van der Waals surface area contributed by atoms with Crippen LogP contribution in [0, 0.1) is 23.4 Å². The molecular weight excluding hydrogens is 461 g/mol. The fourth-order valence-electron chi connectivity index (χ4n) is 4.03. The summed E-state index contributed by atoms with van der Waals surface area (Å²) in [5.41, 5.74) is 0.213. The summed E-state index contributed by atoms with van der Waals surface area (Å²) in [4.78, 5) is 40.8. The third kappa shape index (κ3) is 5.64. The normalized spacial score (nSPS) is 16.9. The lowest BCUT2D eigenvalue weighted by molar-refractivity contribution is -0.144. The van der Waals surface area contributed by atoms with Crippen molar-refractivity contribution < 1.29 is 27.6 Å². The van der Waals surface area contributed by atoms with E-state index in [1.807, 2.05) is 0 Å². The third-order valence-corrected chi connectivity index (χ3v) is 6.13. The zero-order chi connectivity index (χ0) is 25.9. The van der Waals surface area contributed by atoms with Crippen molar-refractivity contribution in [3.05, 3.63) is 65.0 Å². The van der Waals surface area contributed by atoms with Gasteiger partial charge in [0.15, 0.2) is 0 Å². The summed E-state index contributed by atoms with van der Waals surface area (Å²) < 4.78 is 42.3. The lowest BCUT2D eigenvalue weighted by Crippen LogP contribution is -2.57. The minimum Gasteiger partial charge on any atom is -0.343 e. The van der Waals surface area contributed by atoms with Crippen LogP contribution in [0.2, 0.25) is 0 Å². The predicted molar refractivity (Wildman–Crippen MR) is 125 cm³/mol. The largest absolute Gasteiger partial charge is 0.343 e. The molecule has 0 radical (unpaired) electrons. The van der Waals surface area contributed by atoms with Crippen molar-refractivity contribution in [1.29, 1.82) is 0 Å². The van der Waals surface area contributed by atoms with E-state index in [2.05, 4.69) is 16.0 Å². The Morgan fingerprint density at radius 2 is 1.69 bits per heavy atom. The van der Waals surface area contributed by atoms with Gasteiger partial charge in [0.05, 0.1) is 6.04 Å². The number of amides is 3. The van der Waals surface area contributed by atoms with Gasteiger partial charge in [-0.15, -0.1) is 0 Å². The second kappa shape index (κ2) is 10.9. The number of hydrogen-bond acceptors (Lipinski definition) is 4. The molecule has 0 saturated heterocycles. The Hall–Kier alpha value is -3.40. The number of nitrogens with one attached hydrogen (secondary N) is 3. The van der Waals surface area contributed by atoms with Gasteiger partial charge in [-0.05, 0) is 61.7 Å². The highest BCUT2D eigenvalue weighted by molar-refractivity contribution is 6.00. The number of anilines is 1. The summed E-state index contributed by atoms with van der Waals surface area (Å²) in [7, 11) is 1.61. The molecule has 3 atom stereocenters. The molecule has 7 nitrogen and oxygen atoms in total. The first-order valence-electron chi connectivity index (χ1n) is 11.4. The average molecular weight is 491 g/mol. The lowest BCUT2D eigenvalue weighted by atomic mass is 9.90. The predicted octanol–water partition coefficient (Wildman–Crippen LogP) is 2.92. The Bertz CT molecular complexity index is 1100. The molecule has 1 aliphatic rings. The summed E-state index contributed by atoms with van der Waals surface area (Å²) in [6.07, 6.45) is 0.266. The molecule has 1 heterocycles. The highest BCUT2D eigenvalue weighted by Crippen LogP contribution is 2.33. The Morgan fingerprint density at radius 3 is 2.29 bits per heavy atom. The van der Waals surface area contributed by atoms with Gasteiger partial charge in [-0.25, -0.2) is 13.2 Å². The molecule has 0 aliphatic carbocycles. The summed E-state index contributed by atoms with van der Waals surface area (Å²) in [6.45, 7) is 5.20. The van der Waals surface area contributed by atoms with Gasteiger partial charge in [0.2, 0.25) is 11.8 Å². The van der Waals surface area contributed by atoms with Gasteiger partial charge in [-0.1, -0.05) is 26.0 Å². The first-order chi connectivity index (χ1) is 16.5. The number of benzene rings is 2. The molecule has 35 heavy (non-hydrogen) atoms. The number of likely N-dealkylation sites (N-methyl/N-ethyl adjacent to an activating group) is 1. The van der Waals surface area contributed by atoms with Gasteiger partial charge < -0.3 is 20.9 Å². The number of para-hydroxylation sites is 1. The fraction of sp³-hybridized carbons (Fsp3) is 0.400. The Labute approximate surface area is 202 Å². The first-order valence-corrected chi connectivity index (χ1v) is 11.4. The molecule has 0 fully saturated rings. The lowest BCUT2D eigenvalue weighted by Gasteiger charge is -2.39. The molecule has 10 heteroatoms. The van der Waals surface area contributed by atoms with Crippen LogP contribution in [0.5, 0.6) is 0 Å². The molecule has 188 valence electrons. The quantitative estimate of drug-likeness (QED) is 0.557. The number of halogens is 3. The van der Waals surface area contributed by atoms with E-state index in [-0.39, 0.29) is 18.9 Å². The Balaban J connectivity index is 2.00. The molecule has 3 unspecified atom stereocenters. The highest BCUT2D eigenvalue weighted by Gasteiger charge is 2.40. The van der Waals surface area contributed by atoms with E-state index in [0.717, 1.165) is 24.3 Å². The van der Waals surface area contributed by atoms with Gasteiger partial charge in [-0.2, -0.15) is 0 Å². The number of hydrogen-bond donors (Lipinski definition) is 3. The minimum absolute atomic E-state index is 0.0494. The maximum Gasteiger partial charge on any atom is 0.251 e. The van der Waals surface area contributed by atoms with Crippen molar-refractivity contribution in [2.45, 2.75) is 45.3 Å². The SMILES string of the molecule is CNC(C)C(=O)NC(C(=O)N1CCc2cc(F)ccc2C1C(=O)Nc1c(F)cccc1F)C(C)C. The molecule has 3 N–H and O–H groups in total. The van der Waals surface area contributed by atoms with Gasteiger partial charge in [-0.3, -0.25) is 14.4 Å². The third-order valence-electron chi connectivity index (χ3n) is 6.13. The molecule has 0 bridgehead atoms. The van der Waals surface area contributed by atoms with E-state index in [9.17, 15) is 27.6 Å². The molecule has 0 aromatic heterocycles. The van der Waals surface area contributed by atoms with Crippen LogP contribution in [0.1, 0.15) is 37.9 Å². The van der Waals surface area contributed by atoms with Crippen molar-refractivity contribution in [2.75, 3.05) is 18.9 Å². The standard InChI is InChI=1S/C25H29F3N4O3/c1-13(2)20(30-23(33)14(3)29-4)25(35)32-11-10-15-12-16(26)8-9-17(15)22(32)24(34)31-21-18(27)6-5-7-19(21)28/h5-9,12-14,20,22,29H,10-11H2,1-4H3,(H,30,33)(H,31,34). The minimum atomic E-state index is -1.29. The first kappa shape index (κ1) is 26.2. The van der Waals surface area contributed by atoms with Crippen molar-refractivity contribution >= 4 is 23.4 Å². The van der Waals surface area contributed by atoms with Crippen molar-refractivity contribution in [2.24, 2.45) is 5.92 Å². The monoisotopic (exact) mass is 490 g/mol. The van der Waals surface area contributed by atoms with E-state index in [0.29, 0.717) is 11.1 Å². The number of rotatable bonds is 7. The van der Waals surface area contributed by atoms with Crippen LogP contribution in [0.3, 0.4) is 0 Å². The van der Waals surface area contributed by atoms with Gasteiger partial charge in [0.1, 0.15) is 35.2 Å². The fourth-order valence-corrected chi connectivity index (χ4v) is 4.03. The van der Waals surface area contributed by atoms with Crippen LogP contribution in [0.25, 0.3) is 0 Å². The molecule has 3 rings (SSSR count). The van der Waals surface area contributed by atoms with E-state index in [4.69, 9.17) is 0 Å². The average Bonchev–Trinajstić information content (AvgIpc) is 2.82. The second-order valence-corrected chi connectivity index (χ2v) is 8.85. The highest BCUT2D eigenvalue weighted by atomic mass is 19.1. The zero-order valence-electron chi connectivity index (χ0n) is 20.0. The zero-order valence-corrected chi connectivity index (χ0v) is 20.0. The molecule has 1 aliphatic heterocycles. The van der Waals surface area contributed by atoms with E-state index < -0.39 is 59.0 Å². The topological polar surface area (TPSA) is 90.5 Å². The Kier molecular flexibility index (Phi) is 8.16. The molecule has 2 aromatic carbocycles. The Morgan fingerprint density at radius 1 is 1.03 bits per heavy atom. The molecular formula is C25H29F3N4O3. The summed E-state index contributed by atoms with van der Waals surface area (Å²) >= 11 is 0.